The number of benzene rings is 4. The molecule has 0 radical (unpaired) electrons. The first-order chi connectivity index (χ1) is 20.5. The molecule has 0 aromatic heterocycles. The number of nitrogens with one attached hydrogen (secondary N) is 3. The van der Waals surface area contributed by atoms with Crippen LogP contribution in [-0.2, 0) is 21.9 Å². The van der Waals surface area contributed by atoms with Crippen LogP contribution >= 0.6 is 23.2 Å². The van der Waals surface area contributed by atoms with Crippen LogP contribution in [0.1, 0.15) is 32.6 Å². The third-order valence-electron chi connectivity index (χ3n) is 6.90. The Morgan fingerprint density at radius 2 is 1.67 bits per heavy atom. The van der Waals surface area contributed by atoms with Crippen molar-refractivity contribution in [2.24, 2.45) is 0 Å². The van der Waals surface area contributed by atoms with Crippen LogP contribution in [0.2, 0.25) is 10.0 Å². The number of alkyl halides is 3. The van der Waals surface area contributed by atoms with Crippen molar-refractivity contribution in [3.63, 3.8) is 0 Å². The summed E-state index contributed by atoms with van der Waals surface area (Å²) < 4.78 is 57.4. The lowest BCUT2D eigenvalue weighted by Crippen LogP contribution is -2.42. The van der Waals surface area contributed by atoms with Crippen molar-refractivity contribution in [3.8, 4) is 0 Å². The molecule has 0 saturated carbocycles. The van der Waals surface area contributed by atoms with E-state index in [9.17, 15) is 22.4 Å². The first-order valence-corrected chi connectivity index (χ1v) is 13.6. The fraction of sp³-hybridized carbons (Fsp3) is 0.129. The Kier molecular flexibility index (Phi) is 8.66. The van der Waals surface area contributed by atoms with Crippen molar-refractivity contribution in [2.45, 2.75) is 25.3 Å². The van der Waals surface area contributed by atoms with Gasteiger partial charge in [0.05, 0.1) is 22.3 Å². The van der Waals surface area contributed by atoms with Crippen LogP contribution in [0.15, 0.2) is 91.3 Å². The van der Waals surface area contributed by atoms with Crippen LogP contribution in [-0.4, -0.2) is 12.1 Å². The molecule has 1 heterocycles. The third-order valence-corrected chi connectivity index (χ3v) is 7.45. The second kappa shape index (κ2) is 12.3. The number of hydroxylamine groups is 2. The summed E-state index contributed by atoms with van der Waals surface area (Å²) >= 11 is 11.6. The van der Waals surface area contributed by atoms with E-state index < -0.39 is 39.1 Å². The van der Waals surface area contributed by atoms with E-state index >= 15 is 0 Å². The first-order valence-electron chi connectivity index (χ1n) is 12.8. The van der Waals surface area contributed by atoms with Gasteiger partial charge in [-0.05, 0) is 53.1 Å². The van der Waals surface area contributed by atoms with Crippen molar-refractivity contribution in [2.75, 3.05) is 0 Å². The Bertz CT molecular complexity index is 1740. The van der Waals surface area contributed by atoms with Gasteiger partial charge in [0.25, 0.3) is 5.91 Å². The van der Waals surface area contributed by atoms with E-state index in [0.717, 1.165) is 29.3 Å². The summed E-state index contributed by atoms with van der Waals surface area (Å²) in [5.74, 6) is -1.50. The Morgan fingerprint density at radius 3 is 2.37 bits per heavy atom. The predicted octanol–water partition coefficient (Wildman–Crippen LogP) is 7.85. The quantitative estimate of drug-likeness (QED) is 0.0799. The smallest absolute Gasteiger partial charge is 0.327 e. The average molecular weight is 632 g/mol. The second-order valence-electron chi connectivity index (χ2n) is 9.60. The minimum absolute atomic E-state index is 0.0213. The molecule has 0 aliphatic carbocycles. The molecule has 222 valence electrons. The van der Waals surface area contributed by atoms with E-state index in [2.05, 4.69) is 16.3 Å². The molecule has 43 heavy (non-hydrogen) atoms. The highest BCUT2D eigenvalue weighted by Crippen LogP contribution is 2.49. The summed E-state index contributed by atoms with van der Waals surface area (Å²) in [4.78, 5) is 23.5. The van der Waals surface area contributed by atoms with Gasteiger partial charge in [0.2, 0.25) is 5.60 Å². The summed E-state index contributed by atoms with van der Waals surface area (Å²) in [6, 6.07) is 19.1. The van der Waals surface area contributed by atoms with Gasteiger partial charge in [0.1, 0.15) is 0 Å². The molecule has 1 unspecified atom stereocenters. The molecular weight excluding hydrogens is 609 g/mol. The number of amides is 1. The highest BCUT2D eigenvalue weighted by molar-refractivity contribution is 6.35. The number of carbonyl (C=O) groups is 1. The molecule has 6 nitrogen and oxygen atoms in total. The van der Waals surface area contributed by atoms with Gasteiger partial charge in [0, 0.05) is 29.1 Å². The van der Waals surface area contributed by atoms with Gasteiger partial charge >= 0.3 is 6.18 Å². The molecule has 5 rings (SSSR count). The van der Waals surface area contributed by atoms with Crippen LogP contribution in [0, 0.1) is 12.7 Å². The molecule has 4 aromatic carbocycles. The van der Waals surface area contributed by atoms with Crippen molar-refractivity contribution in [1.82, 2.24) is 16.3 Å². The molecule has 3 N–H and O–H groups in total. The van der Waals surface area contributed by atoms with E-state index in [1.165, 1.54) is 24.5 Å². The lowest BCUT2D eigenvalue weighted by molar-refractivity contribution is -0.269. The zero-order valence-electron chi connectivity index (χ0n) is 22.4. The van der Waals surface area contributed by atoms with E-state index in [1.807, 2.05) is 31.2 Å². The van der Waals surface area contributed by atoms with Crippen LogP contribution in [0.25, 0.3) is 16.5 Å². The minimum atomic E-state index is -4.98. The standard InChI is InChI=1S/C31H23Cl2F4N3O3/c1-18-6-2-3-7-19(18)17-42-39-13-12-38-29(41)24-11-10-23(21-8-4-5-9-22(21)24)27-16-30(43-40-27,31(35,36)37)20-14-25(32)28(34)26(33)15-20/h2-16,39-40H,17H2,1H3,(H,38,41). The van der Waals surface area contributed by atoms with Crippen LogP contribution < -0.4 is 16.3 Å². The van der Waals surface area contributed by atoms with Crippen LogP contribution in [0.5, 0.6) is 0 Å². The Labute approximate surface area is 253 Å². The average Bonchev–Trinajstić information content (AvgIpc) is 3.44. The lowest BCUT2D eigenvalue weighted by atomic mass is 9.90. The number of aryl methyl sites for hydroxylation is 1. The molecule has 1 aliphatic heterocycles. The molecule has 4 aromatic rings. The molecule has 0 spiro atoms. The normalized spacial score (nSPS) is 16.8. The van der Waals surface area contributed by atoms with E-state index in [-0.39, 0.29) is 11.3 Å². The lowest BCUT2D eigenvalue weighted by Gasteiger charge is -2.28. The Balaban J connectivity index is 1.39. The molecule has 1 amide bonds. The van der Waals surface area contributed by atoms with Crippen LogP contribution in [0.4, 0.5) is 17.6 Å². The highest BCUT2D eigenvalue weighted by Gasteiger charge is 2.60. The summed E-state index contributed by atoms with van der Waals surface area (Å²) in [5, 5.41) is 2.43. The van der Waals surface area contributed by atoms with Crippen molar-refractivity contribution < 1.29 is 32.0 Å². The van der Waals surface area contributed by atoms with Gasteiger partial charge in [-0.15, -0.1) is 0 Å². The monoisotopic (exact) mass is 631 g/mol. The largest absolute Gasteiger partial charge is 0.428 e. The molecule has 1 atom stereocenters. The number of halogens is 6. The maximum atomic E-state index is 14.5. The number of fused-ring (bicyclic) bond motifs is 1. The molecule has 12 heteroatoms. The van der Waals surface area contributed by atoms with Gasteiger partial charge in [0.15, 0.2) is 5.82 Å². The fourth-order valence-corrected chi connectivity index (χ4v) is 5.13. The molecular formula is C31H23Cl2F4N3O3. The zero-order valence-corrected chi connectivity index (χ0v) is 23.9. The first kappa shape index (κ1) is 30.4. The highest BCUT2D eigenvalue weighted by atomic mass is 35.5. The molecule has 0 fully saturated rings. The number of hydrogen-bond donors (Lipinski definition) is 3. The second-order valence-corrected chi connectivity index (χ2v) is 10.4. The fourth-order valence-electron chi connectivity index (χ4n) is 4.65. The SMILES string of the molecule is Cc1ccccc1CONC=CNC(=O)c1ccc(C2=CC(c3cc(Cl)c(F)c(Cl)c3)(C(F)(F)F)ON2)c2ccccc12. The molecule has 0 saturated heterocycles. The summed E-state index contributed by atoms with van der Waals surface area (Å²) in [5.41, 5.74) is 4.16. The number of rotatable bonds is 8. The van der Waals surface area contributed by atoms with E-state index in [4.69, 9.17) is 32.9 Å². The number of hydrogen-bond acceptors (Lipinski definition) is 5. The minimum Gasteiger partial charge on any atom is -0.327 e. The van der Waals surface area contributed by atoms with Gasteiger partial charge in [-0.2, -0.15) is 13.2 Å². The van der Waals surface area contributed by atoms with Crippen molar-refractivity contribution in [3.05, 3.63) is 135 Å². The summed E-state index contributed by atoms with van der Waals surface area (Å²) in [7, 11) is 0. The van der Waals surface area contributed by atoms with Gasteiger partial charge < -0.3 is 5.32 Å². The van der Waals surface area contributed by atoms with Gasteiger partial charge in [-0.3, -0.25) is 25.4 Å². The van der Waals surface area contributed by atoms with Gasteiger partial charge in [-0.1, -0.05) is 77.8 Å². The number of carbonyl (C=O) groups excluding carboxylic acids is 1. The van der Waals surface area contributed by atoms with Gasteiger partial charge in [-0.25, -0.2) is 4.39 Å². The van der Waals surface area contributed by atoms with Crippen LogP contribution in [0.3, 0.4) is 0 Å². The third kappa shape index (κ3) is 6.05. The Morgan fingerprint density at radius 1 is 1.00 bits per heavy atom. The van der Waals surface area contributed by atoms with E-state index in [1.54, 1.807) is 24.3 Å². The summed E-state index contributed by atoms with van der Waals surface area (Å²) in [6.07, 6.45) is -1.36. The zero-order chi connectivity index (χ0) is 30.8. The topological polar surface area (TPSA) is 71.6 Å². The van der Waals surface area contributed by atoms with E-state index in [0.29, 0.717) is 22.9 Å². The maximum Gasteiger partial charge on any atom is 0.428 e. The maximum absolute atomic E-state index is 14.5. The predicted molar refractivity (Wildman–Crippen MR) is 156 cm³/mol. The summed E-state index contributed by atoms with van der Waals surface area (Å²) in [6.45, 7) is 2.29. The molecule has 0 bridgehead atoms. The van der Waals surface area contributed by atoms with Crippen molar-refractivity contribution >= 4 is 45.6 Å². The van der Waals surface area contributed by atoms with Crippen molar-refractivity contribution in [1.29, 1.82) is 0 Å². The molecule has 1 aliphatic rings. The Hall–Kier alpha value is -4.09.